The Bertz CT molecular complexity index is 775. The Kier molecular flexibility index (Phi) is 11.8. The summed E-state index contributed by atoms with van der Waals surface area (Å²) in [5.41, 5.74) is 1.18. The van der Waals surface area contributed by atoms with Crippen molar-refractivity contribution in [3.63, 3.8) is 0 Å². The zero-order chi connectivity index (χ0) is 22.8. The van der Waals surface area contributed by atoms with Gasteiger partial charge in [0.15, 0.2) is 12.6 Å². The van der Waals surface area contributed by atoms with E-state index in [4.69, 9.17) is 9.73 Å². The van der Waals surface area contributed by atoms with Crippen LogP contribution in [0.3, 0.4) is 0 Å². The summed E-state index contributed by atoms with van der Waals surface area (Å²) >= 11 is 0. The maximum atomic E-state index is 11.7. The Labute approximate surface area is 214 Å². The van der Waals surface area contributed by atoms with Gasteiger partial charge in [0.25, 0.3) is 5.91 Å². The Morgan fingerprint density at radius 2 is 1.79 bits per heavy atom. The first-order chi connectivity index (χ1) is 15.6. The van der Waals surface area contributed by atoms with Crippen molar-refractivity contribution in [1.29, 1.82) is 0 Å². The molecular formula is C24H38IN5O3. The summed E-state index contributed by atoms with van der Waals surface area (Å²) in [5, 5.41) is 9.04. The van der Waals surface area contributed by atoms with Gasteiger partial charge < -0.3 is 25.6 Å². The smallest absolute Gasteiger partial charge is 0.258 e. The van der Waals surface area contributed by atoms with Crippen molar-refractivity contribution in [2.24, 2.45) is 10.9 Å². The summed E-state index contributed by atoms with van der Waals surface area (Å²) in [7, 11) is 1.70. The van der Waals surface area contributed by atoms with Gasteiger partial charge in [0.1, 0.15) is 5.75 Å². The van der Waals surface area contributed by atoms with Crippen LogP contribution in [0, 0.1) is 5.92 Å². The third-order valence-corrected chi connectivity index (χ3v) is 5.90. The number of hydrogen-bond acceptors (Lipinski definition) is 4. The summed E-state index contributed by atoms with van der Waals surface area (Å²) < 4.78 is 5.56. The molecule has 0 bridgehead atoms. The van der Waals surface area contributed by atoms with Crippen molar-refractivity contribution >= 4 is 41.8 Å². The predicted octanol–water partition coefficient (Wildman–Crippen LogP) is 2.32. The molecule has 0 radical (unpaired) electrons. The fraction of sp³-hybridized carbons (Fsp3) is 0.625. The molecule has 1 saturated heterocycles. The minimum atomic E-state index is -0.0560. The SMILES string of the molecule is CCNC(=NCCc1ccc(OCC(=O)NC2CC2)cc1)N1CCC(CC(=O)NC)CC1.I. The molecule has 2 amide bonds. The molecule has 3 rings (SSSR count). The van der Waals surface area contributed by atoms with Crippen LogP contribution in [0.1, 0.15) is 44.6 Å². The Balaban J connectivity index is 0.00000385. The van der Waals surface area contributed by atoms with Gasteiger partial charge in [-0.1, -0.05) is 12.1 Å². The summed E-state index contributed by atoms with van der Waals surface area (Å²) in [6, 6.07) is 8.23. The zero-order valence-corrected chi connectivity index (χ0v) is 22.1. The van der Waals surface area contributed by atoms with Crippen molar-refractivity contribution in [3.8, 4) is 5.75 Å². The highest BCUT2D eigenvalue weighted by Crippen LogP contribution is 2.21. The van der Waals surface area contributed by atoms with E-state index in [9.17, 15) is 9.59 Å². The van der Waals surface area contributed by atoms with E-state index in [0.717, 1.165) is 57.7 Å². The molecule has 184 valence electrons. The molecule has 0 unspecified atom stereocenters. The molecule has 1 heterocycles. The number of guanidine groups is 1. The fourth-order valence-corrected chi connectivity index (χ4v) is 3.83. The molecule has 0 atom stereocenters. The number of amides is 2. The number of rotatable bonds is 10. The number of benzene rings is 1. The number of nitrogens with zero attached hydrogens (tertiary/aromatic N) is 2. The summed E-state index contributed by atoms with van der Waals surface area (Å²) in [6.07, 6.45) is 5.63. The molecule has 2 aliphatic rings. The molecule has 9 heteroatoms. The lowest BCUT2D eigenvalue weighted by molar-refractivity contribution is -0.123. The first-order valence-electron chi connectivity index (χ1n) is 11.8. The number of carbonyl (C=O) groups is 2. The van der Waals surface area contributed by atoms with Gasteiger partial charge in [-0.2, -0.15) is 0 Å². The average molecular weight is 572 g/mol. The predicted molar refractivity (Wildman–Crippen MR) is 141 cm³/mol. The van der Waals surface area contributed by atoms with Crippen LogP contribution in [0.5, 0.6) is 5.75 Å². The van der Waals surface area contributed by atoms with Gasteiger partial charge in [-0.15, -0.1) is 24.0 Å². The van der Waals surface area contributed by atoms with Gasteiger partial charge in [0, 0.05) is 45.7 Å². The van der Waals surface area contributed by atoms with Gasteiger partial charge >= 0.3 is 0 Å². The number of hydrogen-bond donors (Lipinski definition) is 3. The quantitative estimate of drug-likeness (QED) is 0.228. The number of carbonyl (C=O) groups excluding carboxylic acids is 2. The lowest BCUT2D eigenvalue weighted by atomic mass is 9.93. The molecule has 33 heavy (non-hydrogen) atoms. The number of likely N-dealkylation sites (tertiary alicyclic amines) is 1. The molecule has 8 nitrogen and oxygen atoms in total. The maximum Gasteiger partial charge on any atom is 0.258 e. The van der Waals surface area contributed by atoms with Gasteiger partial charge in [-0.25, -0.2) is 0 Å². The summed E-state index contributed by atoms with van der Waals surface area (Å²) in [5.74, 6) is 2.18. The molecular weight excluding hydrogens is 533 g/mol. The highest BCUT2D eigenvalue weighted by molar-refractivity contribution is 14.0. The van der Waals surface area contributed by atoms with Gasteiger partial charge in [-0.3, -0.25) is 14.6 Å². The standard InChI is InChI=1S/C24H37N5O3.HI/c1-3-26-24(29-14-11-19(12-15-29)16-22(30)25-2)27-13-10-18-4-8-21(9-5-18)32-17-23(31)28-20-6-7-20;/h4-5,8-9,19-20H,3,6-7,10-17H2,1-2H3,(H,25,30)(H,26,27)(H,28,31);1H. The van der Waals surface area contributed by atoms with E-state index in [0.29, 0.717) is 30.7 Å². The lowest BCUT2D eigenvalue weighted by Gasteiger charge is -2.34. The molecule has 2 fully saturated rings. The minimum Gasteiger partial charge on any atom is -0.484 e. The lowest BCUT2D eigenvalue weighted by Crippen LogP contribution is -2.46. The Morgan fingerprint density at radius 1 is 1.09 bits per heavy atom. The molecule has 1 aromatic rings. The van der Waals surface area contributed by atoms with Crippen LogP contribution in [-0.2, 0) is 16.0 Å². The normalized spacial score (nSPS) is 16.5. The van der Waals surface area contributed by atoms with Crippen LogP contribution in [0.15, 0.2) is 29.3 Å². The number of aliphatic imine (C=N–C) groups is 1. The highest BCUT2D eigenvalue weighted by Gasteiger charge is 2.24. The monoisotopic (exact) mass is 571 g/mol. The fourth-order valence-electron chi connectivity index (χ4n) is 3.83. The van der Waals surface area contributed by atoms with E-state index >= 15 is 0 Å². The number of piperidine rings is 1. The van der Waals surface area contributed by atoms with Gasteiger partial charge in [-0.05, 0) is 62.6 Å². The second-order valence-corrected chi connectivity index (χ2v) is 8.57. The van der Waals surface area contributed by atoms with E-state index in [1.807, 2.05) is 24.3 Å². The third-order valence-electron chi connectivity index (χ3n) is 5.90. The van der Waals surface area contributed by atoms with Crippen LogP contribution >= 0.6 is 24.0 Å². The zero-order valence-electron chi connectivity index (χ0n) is 19.8. The van der Waals surface area contributed by atoms with E-state index in [-0.39, 0.29) is 42.4 Å². The van der Waals surface area contributed by atoms with Crippen LogP contribution in [-0.4, -0.2) is 68.5 Å². The maximum absolute atomic E-state index is 11.7. The topological polar surface area (TPSA) is 95.1 Å². The average Bonchev–Trinajstić information content (AvgIpc) is 3.62. The molecule has 3 N–H and O–H groups in total. The third kappa shape index (κ3) is 9.77. The Morgan fingerprint density at radius 3 is 2.39 bits per heavy atom. The van der Waals surface area contributed by atoms with Crippen molar-refractivity contribution in [1.82, 2.24) is 20.9 Å². The van der Waals surface area contributed by atoms with Crippen molar-refractivity contribution in [2.75, 3.05) is 39.8 Å². The van der Waals surface area contributed by atoms with Crippen LogP contribution in [0.25, 0.3) is 0 Å². The summed E-state index contributed by atoms with van der Waals surface area (Å²) in [4.78, 5) is 30.5. The van der Waals surface area contributed by atoms with Crippen LogP contribution in [0.2, 0.25) is 0 Å². The molecule has 1 saturated carbocycles. The van der Waals surface area contributed by atoms with Crippen molar-refractivity contribution in [3.05, 3.63) is 29.8 Å². The first kappa shape index (κ1) is 27.2. The van der Waals surface area contributed by atoms with Crippen LogP contribution < -0.4 is 20.7 Å². The molecule has 1 aliphatic carbocycles. The van der Waals surface area contributed by atoms with E-state index < -0.39 is 0 Å². The minimum absolute atomic E-state index is 0. The van der Waals surface area contributed by atoms with E-state index in [2.05, 4.69) is 27.8 Å². The van der Waals surface area contributed by atoms with Gasteiger partial charge in [0.2, 0.25) is 5.91 Å². The molecule has 0 spiro atoms. The summed E-state index contributed by atoms with van der Waals surface area (Å²) in [6.45, 7) is 5.52. The molecule has 0 aromatic heterocycles. The molecule has 1 aliphatic heterocycles. The largest absolute Gasteiger partial charge is 0.484 e. The number of halogens is 1. The van der Waals surface area contributed by atoms with Crippen molar-refractivity contribution < 1.29 is 14.3 Å². The highest BCUT2D eigenvalue weighted by atomic mass is 127. The second kappa shape index (κ2) is 14.3. The number of nitrogens with one attached hydrogen (secondary N) is 3. The first-order valence-corrected chi connectivity index (χ1v) is 11.8. The van der Waals surface area contributed by atoms with E-state index in [1.54, 1.807) is 7.05 Å². The van der Waals surface area contributed by atoms with Crippen molar-refractivity contribution in [2.45, 2.75) is 51.5 Å². The molecule has 1 aromatic carbocycles. The van der Waals surface area contributed by atoms with E-state index in [1.165, 1.54) is 5.56 Å². The Hall–Kier alpha value is -2.04. The second-order valence-electron chi connectivity index (χ2n) is 8.57. The van der Waals surface area contributed by atoms with Gasteiger partial charge in [0.05, 0.1) is 0 Å². The number of ether oxygens (including phenoxy) is 1. The van der Waals surface area contributed by atoms with Crippen LogP contribution in [0.4, 0.5) is 0 Å².